The van der Waals surface area contributed by atoms with E-state index in [4.69, 9.17) is 22.1 Å². The van der Waals surface area contributed by atoms with Crippen molar-refractivity contribution in [1.29, 1.82) is 0 Å². The first-order valence-corrected chi connectivity index (χ1v) is 7.00. The molecular formula is C14H22ClN3O3. The van der Waals surface area contributed by atoms with Crippen LogP contribution in [0.1, 0.15) is 6.42 Å². The van der Waals surface area contributed by atoms with Gasteiger partial charge >= 0.3 is 0 Å². The van der Waals surface area contributed by atoms with E-state index in [1.807, 2.05) is 11.9 Å². The molecule has 4 N–H and O–H groups in total. The Kier molecular flexibility index (Phi) is 7.45. The van der Waals surface area contributed by atoms with Crippen molar-refractivity contribution in [3.05, 3.63) is 23.2 Å². The van der Waals surface area contributed by atoms with Crippen molar-refractivity contribution in [2.24, 2.45) is 0 Å². The molecule has 0 aliphatic carbocycles. The molecule has 0 radical (unpaired) electrons. The largest absolute Gasteiger partial charge is 0.397 e. The topological polar surface area (TPSA) is 87.8 Å². The van der Waals surface area contributed by atoms with Crippen LogP contribution in [0.2, 0.25) is 5.02 Å². The van der Waals surface area contributed by atoms with E-state index in [9.17, 15) is 9.90 Å². The number of likely N-dealkylation sites (N-methyl/N-ethyl adjacent to an activating group) is 1. The predicted molar refractivity (Wildman–Crippen MR) is 84.5 cm³/mol. The van der Waals surface area contributed by atoms with Gasteiger partial charge < -0.3 is 25.8 Å². The van der Waals surface area contributed by atoms with Gasteiger partial charge in [0, 0.05) is 31.6 Å². The van der Waals surface area contributed by atoms with Gasteiger partial charge in [0.05, 0.1) is 24.1 Å². The van der Waals surface area contributed by atoms with Crippen LogP contribution in [0.25, 0.3) is 0 Å². The molecule has 0 bridgehead atoms. The molecular weight excluding hydrogens is 294 g/mol. The molecule has 1 atom stereocenters. The lowest BCUT2D eigenvalue weighted by molar-refractivity contribution is -0.116. The molecule has 6 nitrogen and oxygen atoms in total. The number of carbonyl (C=O) groups excluding carboxylic acids is 1. The van der Waals surface area contributed by atoms with Crippen LogP contribution >= 0.6 is 11.6 Å². The second-order valence-electron chi connectivity index (χ2n) is 4.90. The normalized spacial score (nSPS) is 12.4. The number of hydrogen-bond acceptors (Lipinski definition) is 5. The molecule has 1 aromatic rings. The lowest BCUT2D eigenvalue weighted by Crippen LogP contribution is -2.33. The van der Waals surface area contributed by atoms with E-state index in [0.29, 0.717) is 35.9 Å². The molecule has 0 spiro atoms. The standard InChI is InChI=1S/C14H22ClN3O3/c1-18(8-11(19)9-21-2)6-5-14(20)17-13-7-10(15)3-4-12(13)16/h3-4,7,11,19H,5-6,8-9,16H2,1-2H3,(H,17,20). The monoisotopic (exact) mass is 315 g/mol. The summed E-state index contributed by atoms with van der Waals surface area (Å²) in [4.78, 5) is 13.7. The molecule has 0 aliphatic heterocycles. The van der Waals surface area contributed by atoms with Gasteiger partial charge in [0.2, 0.25) is 5.91 Å². The molecule has 1 amide bonds. The number of rotatable bonds is 8. The number of halogens is 1. The fourth-order valence-corrected chi connectivity index (χ4v) is 2.01. The van der Waals surface area contributed by atoms with E-state index in [1.54, 1.807) is 18.2 Å². The SMILES string of the molecule is COCC(O)CN(C)CCC(=O)Nc1cc(Cl)ccc1N. The first kappa shape index (κ1) is 17.7. The lowest BCUT2D eigenvalue weighted by Gasteiger charge is -2.19. The minimum atomic E-state index is -0.563. The number of aliphatic hydroxyl groups excluding tert-OH is 1. The summed E-state index contributed by atoms with van der Waals surface area (Å²) < 4.78 is 4.85. The van der Waals surface area contributed by atoms with Gasteiger partial charge in [-0.2, -0.15) is 0 Å². The van der Waals surface area contributed by atoms with Crippen LogP contribution in [-0.4, -0.2) is 55.9 Å². The Morgan fingerprint density at radius 2 is 2.29 bits per heavy atom. The Bertz CT molecular complexity index is 471. The van der Waals surface area contributed by atoms with Crippen LogP contribution in [0.3, 0.4) is 0 Å². The van der Waals surface area contributed by atoms with E-state index >= 15 is 0 Å². The fraction of sp³-hybridized carbons (Fsp3) is 0.500. The number of carbonyl (C=O) groups is 1. The van der Waals surface area contributed by atoms with Gasteiger partial charge in [-0.05, 0) is 25.2 Å². The maximum atomic E-state index is 11.9. The van der Waals surface area contributed by atoms with Gasteiger partial charge in [-0.3, -0.25) is 4.79 Å². The van der Waals surface area contributed by atoms with E-state index in [2.05, 4.69) is 5.32 Å². The van der Waals surface area contributed by atoms with Gasteiger partial charge in [0.15, 0.2) is 0 Å². The summed E-state index contributed by atoms with van der Waals surface area (Å²) in [7, 11) is 3.37. The van der Waals surface area contributed by atoms with E-state index in [1.165, 1.54) is 7.11 Å². The van der Waals surface area contributed by atoms with Crippen molar-refractivity contribution < 1.29 is 14.6 Å². The molecule has 0 fully saturated rings. The number of nitrogens with zero attached hydrogens (tertiary/aromatic N) is 1. The summed E-state index contributed by atoms with van der Waals surface area (Å²) in [5.74, 6) is -0.156. The van der Waals surface area contributed by atoms with Crippen molar-refractivity contribution in [3.8, 4) is 0 Å². The summed E-state index contributed by atoms with van der Waals surface area (Å²) >= 11 is 5.86. The van der Waals surface area contributed by atoms with Gasteiger partial charge in [0.1, 0.15) is 0 Å². The summed E-state index contributed by atoms with van der Waals surface area (Å²) in [6.07, 6.45) is -0.269. The lowest BCUT2D eigenvalue weighted by atomic mass is 10.2. The summed E-state index contributed by atoms with van der Waals surface area (Å²) in [5, 5.41) is 12.8. The Balaban J connectivity index is 2.38. The van der Waals surface area contributed by atoms with Crippen molar-refractivity contribution in [2.75, 3.05) is 44.9 Å². The first-order chi connectivity index (χ1) is 9.92. The molecule has 0 aliphatic rings. The Morgan fingerprint density at radius 1 is 1.57 bits per heavy atom. The van der Waals surface area contributed by atoms with Crippen molar-refractivity contribution in [2.45, 2.75) is 12.5 Å². The quantitative estimate of drug-likeness (QED) is 0.627. The zero-order valence-corrected chi connectivity index (χ0v) is 13.1. The van der Waals surface area contributed by atoms with Crippen molar-refractivity contribution in [1.82, 2.24) is 4.90 Å². The number of nitrogens with two attached hydrogens (primary N) is 1. The minimum absolute atomic E-state index is 0.156. The van der Waals surface area contributed by atoms with Gasteiger partial charge in [0.25, 0.3) is 0 Å². The highest BCUT2D eigenvalue weighted by Crippen LogP contribution is 2.22. The molecule has 0 aromatic heterocycles. The summed E-state index contributed by atoms with van der Waals surface area (Å²) in [6, 6.07) is 4.92. The first-order valence-electron chi connectivity index (χ1n) is 6.62. The van der Waals surface area contributed by atoms with Crippen LogP contribution in [0.4, 0.5) is 11.4 Å². The van der Waals surface area contributed by atoms with Gasteiger partial charge in [-0.15, -0.1) is 0 Å². The highest BCUT2D eigenvalue weighted by Gasteiger charge is 2.11. The van der Waals surface area contributed by atoms with Crippen molar-refractivity contribution in [3.63, 3.8) is 0 Å². The highest BCUT2D eigenvalue weighted by atomic mass is 35.5. The molecule has 0 saturated carbocycles. The molecule has 21 heavy (non-hydrogen) atoms. The Morgan fingerprint density at radius 3 is 2.95 bits per heavy atom. The zero-order chi connectivity index (χ0) is 15.8. The number of methoxy groups -OCH3 is 1. The highest BCUT2D eigenvalue weighted by molar-refractivity contribution is 6.31. The molecule has 0 heterocycles. The van der Waals surface area contributed by atoms with Gasteiger partial charge in [-0.25, -0.2) is 0 Å². The molecule has 7 heteroatoms. The van der Waals surface area contributed by atoms with Crippen LogP contribution in [0.5, 0.6) is 0 Å². The number of hydrogen-bond donors (Lipinski definition) is 3. The molecule has 1 rings (SSSR count). The third-order valence-electron chi connectivity index (χ3n) is 2.89. The number of anilines is 2. The second kappa shape index (κ2) is 8.84. The number of amides is 1. The maximum absolute atomic E-state index is 11.9. The number of nitrogens with one attached hydrogen (secondary N) is 1. The van der Waals surface area contributed by atoms with E-state index in [0.717, 1.165) is 0 Å². The number of aliphatic hydroxyl groups is 1. The van der Waals surface area contributed by atoms with E-state index in [-0.39, 0.29) is 12.5 Å². The molecule has 1 aromatic carbocycles. The van der Waals surface area contributed by atoms with Crippen LogP contribution in [0.15, 0.2) is 18.2 Å². The molecule has 118 valence electrons. The minimum Gasteiger partial charge on any atom is -0.397 e. The molecule has 0 saturated heterocycles. The average molecular weight is 316 g/mol. The molecule has 1 unspecified atom stereocenters. The average Bonchev–Trinajstić information content (AvgIpc) is 2.41. The summed E-state index contributed by atoms with van der Waals surface area (Å²) in [5.41, 5.74) is 6.74. The van der Waals surface area contributed by atoms with Crippen LogP contribution in [-0.2, 0) is 9.53 Å². The Hall–Kier alpha value is -1.34. The number of nitrogen functional groups attached to an aromatic ring is 1. The maximum Gasteiger partial charge on any atom is 0.225 e. The smallest absolute Gasteiger partial charge is 0.225 e. The van der Waals surface area contributed by atoms with Crippen LogP contribution in [0, 0.1) is 0 Å². The van der Waals surface area contributed by atoms with Crippen LogP contribution < -0.4 is 11.1 Å². The predicted octanol–water partition coefficient (Wildman–Crippen LogP) is 1.19. The number of ether oxygens (including phenoxy) is 1. The van der Waals surface area contributed by atoms with E-state index < -0.39 is 6.10 Å². The summed E-state index contributed by atoms with van der Waals surface area (Å²) in [6.45, 7) is 1.24. The third kappa shape index (κ3) is 6.77. The Labute approximate surface area is 129 Å². The zero-order valence-electron chi connectivity index (χ0n) is 12.3. The van der Waals surface area contributed by atoms with Crippen molar-refractivity contribution >= 4 is 28.9 Å². The number of benzene rings is 1. The van der Waals surface area contributed by atoms with Gasteiger partial charge in [-0.1, -0.05) is 11.6 Å². The fourth-order valence-electron chi connectivity index (χ4n) is 1.84. The second-order valence-corrected chi connectivity index (χ2v) is 5.34. The third-order valence-corrected chi connectivity index (χ3v) is 3.13.